The van der Waals surface area contributed by atoms with Gasteiger partial charge in [0, 0.05) is 5.69 Å². The van der Waals surface area contributed by atoms with Gasteiger partial charge >= 0.3 is 6.03 Å². The maximum absolute atomic E-state index is 12.1. The highest BCUT2D eigenvalue weighted by molar-refractivity contribution is 7.98. The molecule has 1 aliphatic heterocycles. The van der Waals surface area contributed by atoms with Gasteiger partial charge < -0.3 is 10.6 Å². The van der Waals surface area contributed by atoms with Gasteiger partial charge in [0.1, 0.15) is 12.6 Å². The zero-order valence-electron chi connectivity index (χ0n) is 12.6. The van der Waals surface area contributed by atoms with Crippen LogP contribution in [0.15, 0.2) is 24.3 Å². The van der Waals surface area contributed by atoms with Gasteiger partial charge in [-0.15, -0.1) is 0 Å². The number of urea groups is 1. The van der Waals surface area contributed by atoms with Crippen LogP contribution in [-0.4, -0.2) is 47.3 Å². The third-order valence-corrected chi connectivity index (χ3v) is 4.08. The van der Waals surface area contributed by atoms with Gasteiger partial charge in [-0.2, -0.15) is 11.8 Å². The van der Waals surface area contributed by atoms with Gasteiger partial charge in [0.05, 0.1) is 0 Å². The first-order chi connectivity index (χ1) is 10.5. The Morgan fingerprint density at radius 1 is 1.36 bits per heavy atom. The van der Waals surface area contributed by atoms with E-state index < -0.39 is 12.1 Å². The predicted molar refractivity (Wildman–Crippen MR) is 86.8 cm³/mol. The van der Waals surface area contributed by atoms with Gasteiger partial charge in [-0.3, -0.25) is 14.5 Å². The fourth-order valence-electron chi connectivity index (χ4n) is 2.20. The number of para-hydroxylation sites is 1. The number of nitrogens with zero attached hydrogens (tertiary/aromatic N) is 1. The average Bonchev–Trinajstić information content (AvgIpc) is 2.75. The molecule has 22 heavy (non-hydrogen) atoms. The quantitative estimate of drug-likeness (QED) is 0.780. The Morgan fingerprint density at radius 3 is 2.77 bits per heavy atom. The van der Waals surface area contributed by atoms with Crippen molar-refractivity contribution in [2.45, 2.75) is 19.4 Å². The molecular weight excluding hydrogens is 302 g/mol. The highest BCUT2D eigenvalue weighted by Crippen LogP contribution is 2.15. The van der Waals surface area contributed by atoms with Crippen LogP contribution in [0.25, 0.3) is 0 Å². The van der Waals surface area contributed by atoms with Crippen LogP contribution in [0.4, 0.5) is 10.5 Å². The van der Waals surface area contributed by atoms with E-state index >= 15 is 0 Å². The minimum Gasteiger partial charge on any atom is -0.326 e. The van der Waals surface area contributed by atoms with Crippen molar-refractivity contribution in [2.75, 3.05) is 23.9 Å². The van der Waals surface area contributed by atoms with E-state index in [-0.39, 0.29) is 18.4 Å². The monoisotopic (exact) mass is 321 g/mol. The molecule has 118 valence electrons. The number of carbonyl (C=O) groups excluding carboxylic acids is 3. The number of hydrogen-bond acceptors (Lipinski definition) is 4. The third kappa shape index (κ3) is 3.79. The van der Waals surface area contributed by atoms with E-state index in [4.69, 9.17) is 0 Å². The third-order valence-electron chi connectivity index (χ3n) is 3.44. The van der Waals surface area contributed by atoms with Crippen molar-refractivity contribution >= 4 is 35.3 Å². The molecule has 1 aromatic carbocycles. The Hall–Kier alpha value is -2.02. The summed E-state index contributed by atoms with van der Waals surface area (Å²) in [5, 5.41) is 5.33. The summed E-state index contributed by atoms with van der Waals surface area (Å²) in [7, 11) is 0. The molecule has 1 saturated heterocycles. The summed E-state index contributed by atoms with van der Waals surface area (Å²) < 4.78 is 0. The first kappa shape index (κ1) is 16.4. The maximum atomic E-state index is 12.1. The smallest absolute Gasteiger partial charge is 0.325 e. The lowest BCUT2D eigenvalue weighted by molar-refractivity contribution is -0.130. The predicted octanol–water partition coefficient (Wildman–Crippen LogP) is 1.61. The molecule has 0 saturated carbocycles. The molecule has 1 fully saturated rings. The van der Waals surface area contributed by atoms with Crippen LogP contribution in [-0.2, 0) is 9.59 Å². The number of thioether (sulfide) groups is 1. The van der Waals surface area contributed by atoms with Crippen molar-refractivity contribution in [1.82, 2.24) is 10.2 Å². The highest BCUT2D eigenvalue weighted by atomic mass is 32.2. The summed E-state index contributed by atoms with van der Waals surface area (Å²) in [4.78, 5) is 37.0. The number of amides is 4. The van der Waals surface area contributed by atoms with Crippen LogP contribution in [0.1, 0.15) is 12.0 Å². The molecule has 1 heterocycles. The van der Waals surface area contributed by atoms with E-state index in [1.54, 1.807) is 17.8 Å². The van der Waals surface area contributed by atoms with Gasteiger partial charge in [0.25, 0.3) is 5.91 Å². The summed E-state index contributed by atoms with van der Waals surface area (Å²) in [6, 6.07) is 6.32. The number of nitrogens with one attached hydrogen (secondary N) is 2. The van der Waals surface area contributed by atoms with E-state index in [0.717, 1.165) is 16.2 Å². The molecule has 0 spiro atoms. The van der Waals surface area contributed by atoms with Gasteiger partial charge in [0.15, 0.2) is 0 Å². The number of imide groups is 1. The molecule has 1 aromatic rings. The number of rotatable bonds is 6. The SMILES string of the molecule is CSCC[C@@H]1NC(=O)N(CC(=O)Nc2ccccc2C)C1=O. The Balaban J connectivity index is 1.95. The summed E-state index contributed by atoms with van der Waals surface area (Å²) in [6.45, 7) is 1.61. The van der Waals surface area contributed by atoms with Crippen LogP contribution >= 0.6 is 11.8 Å². The molecule has 2 rings (SSSR count). The lowest BCUT2D eigenvalue weighted by atomic mass is 10.2. The lowest BCUT2D eigenvalue weighted by Crippen LogP contribution is -2.38. The second-order valence-corrected chi connectivity index (χ2v) is 6.06. The molecule has 0 aliphatic carbocycles. The van der Waals surface area contributed by atoms with Crippen molar-refractivity contribution in [3.63, 3.8) is 0 Å². The van der Waals surface area contributed by atoms with E-state index in [9.17, 15) is 14.4 Å². The Bertz CT molecular complexity index is 591. The van der Waals surface area contributed by atoms with Gasteiger partial charge in [-0.05, 0) is 37.0 Å². The first-order valence-electron chi connectivity index (χ1n) is 6.99. The molecule has 6 nitrogen and oxygen atoms in total. The fraction of sp³-hybridized carbons (Fsp3) is 0.400. The molecule has 1 atom stereocenters. The highest BCUT2D eigenvalue weighted by Gasteiger charge is 2.38. The number of benzene rings is 1. The molecule has 1 aliphatic rings. The Morgan fingerprint density at radius 2 is 2.09 bits per heavy atom. The molecule has 0 aromatic heterocycles. The van der Waals surface area contributed by atoms with Crippen molar-refractivity contribution in [2.24, 2.45) is 0 Å². The van der Waals surface area contributed by atoms with Crippen LogP contribution in [0.2, 0.25) is 0 Å². The molecule has 7 heteroatoms. The minimum absolute atomic E-state index is 0.269. The molecule has 0 unspecified atom stereocenters. The maximum Gasteiger partial charge on any atom is 0.325 e. The largest absolute Gasteiger partial charge is 0.326 e. The minimum atomic E-state index is -0.522. The number of anilines is 1. The normalized spacial score (nSPS) is 17.5. The summed E-state index contributed by atoms with van der Waals surface area (Å²) in [5.41, 5.74) is 1.60. The summed E-state index contributed by atoms with van der Waals surface area (Å²) in [5.74, 6) is 0.0576. The van der Waals surface area contributed by atoms with Crippen LogP contribution in [0.3, 0.4) is 0 Å². The molecule has 2 N–H and O–H groups in total. The van der Waals surface area contributed by atoms with E-state index in [0.29, 0.717) is 12.1 Å². The second kappa shape index (κ2) is 7.31. The standard InChI is InChI=1S/C15H19N3O3S/c1-10-5-3-4-6-11(10)16-13(19)9-18-14(20)12(7-8-22-2)17-15(18)21/h3-6,12H,7-9H2,1-2H3,(H,16,19)(H,17,21)/t12-/m0/s1. The van der Waals surface area contributed by atoms with Crippen LogP contribution < -0.4 is 10.6 Å². The fourth-order valence-corrected chi connectivity index (χ4v) is 2.68. The van der Waals surface area contributed by atoms with E-state index in [2.05, 4.69) is 10.6 Å². The van der Waals surface area contributed by atoms with Gasteiger partial charge in [0.2, 0.25) is 5.91 Å². The van der Waals surface area contributed by atoms with Crippen LogP contribution in [0.5, 0.6) is 0 Å². The van der Waals surface area contributed by atoms with Crippen molar-refractivity contribution < 1.29 is 14.4 Å². The van der Waals surface area contributed by atoms with Crippen LogP contribution in [0, 0.1) is 6.92 Å². The van der Waals surface area contributed by atoms with Gasteiger partial charge in [-0.25, -0.2) is 4.79 Å². The topological polar surface area (TPSA) is 78.5 Å². The lowest BCUT2D eigenvalue weighted by Gasteiger charge is -2.14. The zero-order chi connectivity index (χ0) is 16.1. The number of carbonyl (C=O) groups is 3. The van der Waals surface area contributed by atoms with Crippen molar-refractivity contribution in [1.29, 1.82) is 0 Å². The first-order valence-corrected chi connectivity index (χ1v) is 8.38. The zero-order valence-corrected chi connectivity index (χ0v) is 13.4. The average molecular weight is 321 g/mol. The molecular formula is C15H19N3O3S. The molecule has 4 amide bonds. The van der Waals surface area contributed by atoms with Crippen molar-refractivity contribution in [3.8, 4) is 0 Å². The van der Waals surface area contributed by atoms with E-state index in [1.165, 1.54) is 0 Å². The van der Waals surface area contributed by atoms with E-state index in [1.807, 2.05) is 31.4 Å². The number of hydrogen-bond donors (Lipinski definition) is 2. The van der Waals surface area contributed by atoms with Crippen molar-refractivity contribution in [3.05, 3.63) is 29.8 Å². The summed E-state index contributed by atoms with van der Waals surface area (Å²) >= 11 is 1.61. The molecule has 0 radical (unpaired) electrons. The second-order valence-electron chi connectivity index (χ2n) is 5.07. The number of aryl methyl sites for hydroxylation is 1. The Kier molecular flexibility index (Phi) is 5.43. The van der Waals surface area contributed by atoms with Gasteiger partial charge in [-0.1, -0.05) is 18.2 Å². The Labute approximate surface area is 133 Å². The molecule has 0 bridgehead atoms. The summed E-state index contributed by atoms with van der Waals surface area (Å²) in [6.07, 6.45) is 2.51.